The zero-order chi connectivity index (χ0) is 13.1. The molecule has 2 heterocycles. The van der Waals surface area contributed by atoms with Gasteiger partial charge in [-0.2, -0.15) is 0 Å². The van der Waals surface area contributed by atoms with Crippen LogP contribution in [0, 0.1) is 0 Å². The largest absolute Gasteiger partial charge is 0.364 e. The minimum atomic E-state index is 0.638. The summed E-state index contributed by atoms with van der Waals surface area (Å²) in [4.78, 5) is 12.8. The van der Waals surface area contributed by atoms with Crippen LogP contribution in [-0.4, -0.2) is 15.0 Å². The van der Waals surface area contributed by atoms with E-state index in [2.05, 4.69) is 36.2 Å². The molecule has 0 fully saturated rings. The summed E-state index contributed by atoms with van der Waals surface area (Å²) < 4.78 is 1.01. The van der Waals surface area contributed by atoms with Crippen molar-refractivity contribution in [3.63, 3.8) is 0 Å². The molecule has 0 amide bonds. The van der Waals surface area contributed by atoms with E-state index in [0.29, 0.717) is 6.54 Å². The second-order valence-corrected chi connectivity index (χ2v) is 4.97. The number of nitrogens with zero attached hydrogens (tertiary/aromatic N) is 3. The molecule has 5 heteroatoms. The fraction of sp³-hybridized carbons (Fsp3) is 0.0714. The highest BCUT2D eigenvalue weighted by Gasteiger charge is 2.04. The molecule has 0 spiro atoms. The number of nitrogens with one attached hydrogen (secondary N) is 1. The van der Waals surface area contributed by atoms with Gasteiger partial charge in [0.15, 0.2) is 0 Å². The molecule has 4 nitrogen and oxygen atoms in total. The predicted molar refractivity (Wildman–Crippen MR) is 78.8 cm³/mol. The van der Waals surface area contributed by atoms with Gasteiger partial charge >= 0.3 is 0 Å². The van der Waals surface area contributed by atoms with Gasteiger partial charge in [-0.3, -0.25) is 4.98 Å². The molecule has 0 saturated heterocycles. The van der Waals surface area contributed by atoms with Gasteiger partial charge in [0.2, 0.25) is 0 Å². The summed E-state index contributed by atoms with van der Waals surface area (Å²) >= 11 is 3.47. The Morgan fingerprint density at radius 2 is 2.00 bits per heavy atom. The second kappa shape index (κ2) is 5.32. The monoisotopic (exact) mass is 314 g/mol. The van der Waals surface area contributed by atoms with E-state index in [0.717, 1.165) is 26.9 Å². The van der Waals surface area contributed by atoms with E-state index >= 15 is 0 Å². The molecule has 0 bridgehead atoms. The Kier molecular flexibility index (Phi) is 3.37. The van der Waals surface area contributed by atoms with Crippen LogP contribution in [0.15, 0.2) is 53.4 Å². The molecule has 0 saturated carbocycles. The van der Waals surface area contributed by atoms with Crippen molar-refractivity contribution in [3.05, 3.63) is 59.1 Å². The Morgan fingerprint density at radius 1 is 1.05 bits per heavy atom. The zero-order valence-corrected chi connectivity index (χ0v) is 11.6. The van der Waals surface area contributed by atoms with Gasteiger partial charge in [-0.05, 0) is 30.3 Å². The molecule has 3 aromatic rings. The Morgan fingerprint density at radius 3 is 2.84 bits per heavy atom. The summed E-state index contributed by atoms with van der Waals surface area (Å²) in [6.07, 6.45) is 3.35. The van der Waals surface area contributed by atoms with E-state index < -0.39 is 0 Å². The summed E-state index contributed by atoms with van der Waals surface area (Å²) in [7, 11) is 0. The summed E-state index contributed by atoms with van der Waals surface area (Å²) in [5.74, 6) is 0.817. The van der Waals surface area contributed by atoms with Gasteiger partial charge in [0.1, 0.15) is 12.1 Å². The van der Waals surface area contributed by atoms with Crippen LogP contribution in [0.4, 0.5) is 5.82 Å². The summed E-state index contributed by atoms with van der Waals surface area (Å²) in [6.45, 7) is 0.638. The number of rotatable bonds is 3. The highest BCUT2D eigenvalue weighted by atomic mass is 79.9. The molecule has 0 atom stereocenters. The lowest BCUT2D eigenvalue weighted by Crippen LogP contribution is -2.03. The molecule has 1 aromatic carbocycles. The SMILES string of the molecule is Brc1ccc2ncnc(NCc3ccccn3)c2c1. The first kappa shape index (κ1) is 12.0. The van der Waals surface area contributed by atoms with Crippen LogP contribution >= 0.6 is 15.9 Å². The van der Waals surface area contributed by atoms with E-state index in [1.54, 1.807) is 12.5 Å². The van der Waals surface area contributed by atoms with Crippen LogP contribution in [0.3, 0.4) is 0 Å². The van der Waals surface area contributed by atoms with Gasteiger partial charge in [0.05, 0.1) is 17.8 Å². The predicted octanol–water partition coefficient (Wildman–Crippen LogP) is 3.40. The molecule has 1 N–H and O–H groups in total. The van der Waals surface area contributed by atoms with E-state index in [9.17, 15) is 0 Å². The maximum atomic E-state index is 4.29. The number of aromatic nitrogens is 3. The Hall–Kier alpha value is -2.01. The van der Waals surface area contributed by atoms with Crippen LogP contribution in [0.25, 0.3) is 10.9 Å². The van der Waals surface area contributed by atoms with Crippen LogP contribution in [0.2, 0.25) is 0 Å². The fourth-order valence-electron chi connectivity index (χ4n) is 1.85. The third kappa shape index (κ3) is 2.71. The van der Waals surface area contributed by atoms with Crippen molar-refractivity contribution in [2.45, 2.75) is 6.54 Å². The van der Waals surface area contributed by atoms with E-state index in [1.165, 1.54) is 0 Å². The third-order valence-corrected chi connectivity index (χ3v) is 3.25. The molecular formula is C14H11BrN4. The molecule has 0 radical (unpaired) electrons. The molecule has 3 rings (SSSR count). The lowest BCUT2D eigenvalue weighted by atomic mass is 10.2. The molecule has 0 aliphatic carbocycles. The fourth-order valence-corrected chi connectivity index (χ4v) is 2.21. The molecule has 19 heavy (non-hydrogen) atoms. The lowest BCUT2D eigenvalue weighted by molar-refractivity contribution is 1.03. The molecule has 0 unspecified atom stereocenters. The third-order valence-electron chi connectivity index (χ3n) is 2.76. The number of halogens is 1. The van der Waals surface area contributed by atoms with Crippen molar-refractivity contribution >= 4 is 32.7 Å². The lowest BCUT2D eigenvalue weighted by Gasteiger charge is -2.08. The normalized spacial score (nSPS) is 10.6. The first-order valence-corrected chi connectivity index (χ1v) is 6.66. The minimum Gasteiger partial charge on any atom is -0.364 e. The Labute approximate surface area is 119 Å². The number of fused-ring (bicyclic) bond motifs is 1. The highest BCUT2D eigenvalue weighted by molar-refractivity contribution is 9.10. The smallest absolute Gasteiger partial charge is 0.137 e. The van der Waals surface area contributed by atoms with Crippen molar-refractivity contribution in [1.82, 2.24) is 15.0 Å². The molecule has 0 aliphatic heterocycles. The van der Waals surface area contributed by atoms with Gasteiger partial charge in [-0.25, -0.2) is 9.97 Å². The van der Waals surface area contributed by atoms with Crippen molar-refractivity contribution in [1.29, 1.82) is 0 Å². The summed E-state index contributed by atoms with van der Waals surface area (Å²) in [5.41, 5.74) is 1.89. The van der Waals surface area contributed by atoms with Gasteiger partial charge in [0.25, 0.3) is 0 Å². The van der Waals surface area contributed by atoms with Crippen LogP contribution in [-0.2, 0) is 6.54 Å². The average Bonchev–Trinajstić information content (AvgIpc) is 2.46. The molecule has 0 aliphatic rings. The van der Waals surface area contributed by atoms with Gasteiger partial charge in [-0.1, -0.05) is 22.0 Å². The number of benzene rings is 1. The molecule has 2 aromatic heterocycles. The first-order valence-electron chi connectivity index (χ1n) is 5.87. The second-order valence-electron chi connectivity index (χ2n) is 4.06. The number of hydrogen-bond donors (Lipinski definition) is 1. The Bertz CT molecular complexity index is 700. The van der Waals surface area contributed by atoms with E-state index in [-0.39, 0.29) is 0 Å². The van der Waals surface area contributed by atoms with E-state index in [1.807, 2.05) is 36.4 Å². The van der Waals surface area contributed by atoms with Crippen LogP contribution < -0.4 is 5.32 Å². The van der Waals surface area contributed by atoms with Crippen LogP contribution in [0.1, 0.15) is 5.69 Å². The van der Waals surface area contributed by atoms with Crippen molar-refractivity contribution in [3.8, 4) is 0 Å². The maximum Gasteiger partial charge on any atom is 0.137 e. The maximum absolute atomic E-state index is 4.29. The minimum absolute atomic E-state index is 0.638. The first-order chi connectivity index (χ1) is 9.33. The van der Waals surface area contributed by atoms with Crippen molar-refractivity contribution < 1.29 is 0 Å². The van der Waals surface area contributed by atoms with E-state index in [4.69, 9.17) is 0 Å². The number of anilines is 1. The van der Waals surface area contributed by atoms with Crippen LogP contribution in [0.5, 0.6) is 0 Å². The van der Waals surface area contributed by atoms with Gasteiger partial charge in [0, 0.05) is 16.1 Å². The summed E-state index contributed by atoms with van der Waals surface area (Å²) in [6, 6.07) is 11.8. The molecular weight excluding hydrogens is 304 g/mol. The summed E-state index contributed by atoms with van der Waals surface area (Å²) in [5, 5.41) is 4.29. The van der Waals surface area contributed by atoms with Gasteiger partial charge in [-0.15, -0.1) is 0 Å². The average molecular weight is 315 g/mol. The topological polar surface area (TPSA) is 50.7 Å². The van der Waals surface area contributed by atoms with Crippen molar-refractivity contribution in [2.75, 3.05) is 5.32 Å². The quantitative estimate of drug-likeness (QED) is 0.805. The van der Waals surface area contributed by atoms with Crippen molar-refractivity contribution in [2.24, 2.45) is 0 Å². The number of hydrogen-bond acceptors (Lipinski definition) is 4. The zero-order valence-electron chi connectivity index (χ0n) is 10.0. The standard InChI is InChI=1S/C14H11BrN4/c15-10-4-5-13-12(7-10)14(19-9-18-13)17-8-11-3-1-2-6-16-11/h1-7,9H,8H2,(H,17,18,19). The number of pyridine rings is 1. The molecule has 94 valence electrons. The Balaban J connectivity index is 1.90. The van der Waals surface area contributed by atoms with Gasteiger partial charge < -0.3 is 5.32 Å². The highest BCUT2D eigenvalue weighted by Crippen LogP contribution is 2.23.